The van der Waals surface area contributed by atoms with E-state index in [0.717, 1.165) is 29.5 Å². The van der Waals surface area contributed by atoms with E-state index in [2.05, 4.69) is 15.4 Å². The molecule has 1 fully saturated rings. The summed E-state index contributed by atoms with van der Waals surface area (Å²) in [5, 5.41) is 15.9. The molecule has 1 unspecified atom stereocenters. The van der Waals surface area contributed by atoms with Crippen LogP contribution >= 0.6 is 0 Å². The number of nitrogens with one attached hydrogen (secondary N) is 1. The number of piperidine rings is 1. The Kier molecular flexibility index (Phi) is 7.47. The largest absolute Gasteiger partial charge is 0.478 e. The van der Waals surface area contributed by atoms with Crippen molar-refractivity contribution in [1.29, 1.82) is 0 Å². The first-order valence-corrected chi connectivity index (χ1v) is 12.9. The highest BCUT2D eigenvalue weighted by Crippen LogP contribution is 2.24. The summed E-state index contributed by atoms with van der Waals surface area (Å²) in [5.41, 5.74) is 9.06. The van der Waals surface area contributed by atoms with Gasteiger partial charge in [-0.1, -0.05) is 6.07 Å². The minimum atomic E-state index is -1.14. The number of imidazole rings is 1. The highest BCUT2D eigenvalue weighted by molar-refractivity contribution is 6.00. The van der Waals surface area contributed by atoms with Gasteiger partial charge in [-0.05, 0) is 43.0 Å². The maximum atomic E-state index is 12.9. The first-order valence-electron chi connectivity index (χ1n) is 12.9. The van der Waals surface area contributed by atoms with E-state index in [1.54, 1.807) is 24.1 Å². The second-order valence-corrected chi connectivity index (χ2v) is 9.67. The summed E-state index contributed by atoms with van der Waals surface area (Å²) in [5.74, 6) is -1.94. The second-order valence-electron chi connectivity index (χ2n) is 9.67. The summed E-state index contributed by atoms with van der Waals surface area (Å²) in [6, 6.07) is 6.51. The van der Waals surface area contributed by atoms with E-state index >= 15 is 0 Å². The van der Waals surface area contributed by atoms with Crippen LogP contribution in [0.4, 0.5) is 5.82 Å². The monoisotopic (exact) mass is 547 g/mol. The number of carbonyl (C=O) groups is 3. The molecule has 13 nitrogen and oxygen atoms in total. The molecule has 0 bridgehead atoms. The van der Waals surface area contributed by atoms with Crippen molar-refractivity contribution in [3.05, 3.63) is 64.5 Å². The van der Waals surface area contributed by atoms with Crippen molar-refractivity contribution in [1.82, 2.24) is 29.2 Å². The lowest BCUT2D eigenvalue weighted by atomic mass is 10.1. The normalized spacial score (nSPS) is 15.5. The van der Waals surface area contributed by atoms with Crippen LogP contribution in [0.3, 0.4) is 0 Å². The van der Waals surface area contributed by atoms with Gasteiger partial charge in [0, 0.05) is 43.6 Å². The summed E-state index contributed by atoms with van der Waals surface area (Å²) in [6.07, 6.45) is 6.96. The Hall–Kier alpha value is -4.78. The summed E-state index contributed by atoms with van der Waals surface area (Å²) in [7, 11) is 1.68. The predicted octanol–water partition coefficient (Wildman–Crippen LogP) is 1.51. The van der Waals surface area contributed by atoms with Crippen LogP contribution in [-0.2, 0) is 34.3 Å². The average molecular weight is 548 g/mol. The fourth-order valence-corrected chi connectivity index (χ4v) is 4.87. The van der Waals surface area contributed by atoms with Crippen molar-refractivity contribution < 1.29 is 24.2 Å². The molecular formula is C27H29N7O6. The lowest BCUT2D eigenvalue weighted by Gasteiger charge is -2.21. The van der Waals surface area contributed by atoms with Crippen molar-refractivity contribution in [2.45, 2.75) is 38.3 Å². The fraction of sp³-hybridized carbons (Fsp3) is 0.333. The SMILES string of the molecule is Cn1c(=O)n(C2CCC(=O)NC2=O)c2ccc(CCCOCCn3cc(-c4cnc(N)c(C(=O)O)c4)cn3)cc21. The van der Waals surface area contributed by atoms with Crippen LogP contribution in [0.5, 0.6) is 0 Å². The number of benzene rings is 1. The number of carboxylic acid groups (broad SMARTS) is 1. The Balaban J connectivity index is 1.13. The minimum Gasteiger partial charge on any atom is -0.478 e. The minimum absolute atomic E-state index is 0.0355. The topological polar surface area (TPSA) is 176 Å². The molecule has 4 N–H and O–H groups in total. The van der Waals surface area contributed by atoms with E-state index in [4.69, 9.17) is 10.5 Å². The molecule has 0 aliphatic carbocycles. The Morgan fingerprint density at radius 1 is 1.15 bits per heavy atom. The zero-order valence-electron chi connectivity index (χ0n) is 21.9. The van der Waals surface area contributed by atoms with Gasteiger partial charge in [-0.15, -0.1) is 0 Å². The van der Waals surface area contributed by atoms with Gasteiger partial charge >= 0.3 is 11.7 Å². The molecular weight excluding hydrogens is 518 g/mol. The van der Waals surface area contributed by atoms with Crippen LogP contribution in [-0.4, -0.2) is 60.0 Å². The number of carbonyl (C=O) groups excluding carboxylic acids is 2. The first kappa shape index (κ1) is 26.8. The molecule has 40 heavy (non-hydrogen) atoms. The molecule has 13 heteroatoms. The third-order valence-corrected chi connectivity index (χ3v) is 7.01. The molecule has 1 saturated heterocycles. The molecule has 3 aromatic heterocycles. The molecule has 1 aliphatic heterocycles. The van der Waals surface area contributed by atoms with E-state index in [-0.39, 0.29) is 29.4 Å². The number of ether oxygens (including phenoxy) is 1. The molecule has 2 amide bonds. The number of carboxylic acids is 1. The van der Waals surface area contributed by atoms with Gasteiger partial charge in [-0.25, -0.2) is 14.6 Å². The average Bonchev–Trinajstić information content (AvgIpc) is 3.49. The van der Waals surface area contributed by atoms with E-state index in [9.17, 15) is 24.3 Å². The van der Waals surface area contributed by atoms with Crippen LogP contribution in [0, 0.1) is 0 Å². The molecule has 0 radical (unpaired) electrons. The van der Waals surface area contributed by atoms with Gasteiger partial charge in [0.05, 0.1) is 30.4 Å². The van der Waals surface area contributed by atoms with Crippen molar-refractivity contribution in [3.63, 3.8) is 0 Å². The number of rotatable bonds is 10. The van der Waals surface area contributed by atoms with Crippen LogP contribution in [0.1, 0.15) is 41.2 Å². The van der Waals surface area contributed by atoms with Gasteiger partial charge in [0.15, 0.2) is 0 Å². The third-order valence-electron chi connectivity index (χ3n) is 7.01. The molecule has 4 aromatic rings. The van der Waals surface area contributed by atoms with Crippen molar-refractivity contribution in [2.24, 2.45) is 7.05 Å². The molecule has 1 atom stereocenters. The van der Waals surface area contributed by atoms with Gasteiger partial charge < -0.3 is 15.6 Å². The number of fused-ring (bicyclic) bond motifs is 1. The number of amides is 2. The Morgan fingerprint density at radius 2 is 1.98 bits per heavy atom. The fourth-order valence-electron chi connectivity index (χ4n) is 4.87. The maximum absolute atomic E-state index is 12.9. The number of aromatic nitrogens is 5. The first-order chi connectivity index (χ1) is 19.2. The van der Waals surface area contributed by atoms with Gasteiger partial charge in [0.25, 0.3) is 0 Å². The van der Waals surface area contributed by atoms with E-state index < -0.39 is 17.9 Å². The second kappa shape index (κ2) is 11.1. The number of nitrogens with two attached hydrogens (primary N) is 1. The standard InChI is InChI=1S/C27H29N7O6/c1-32-22-11-16(4-5-20(22)34(27(32)39)21-6-7-23(35)31-25(21)36)3-2-9-40-10-8-33-15-18(14-30-33)17-12-19(26(37)38)24(28)29-13-17/h4-5,11-15,21H,2-3,6-10H2,1H3,(H2,28,29)(H,37,38)(H,31,35,36). The van der Waals surface area contributed by atoms with Gasteiger partial charge in [-0.3, -0.25) is 28.7 Å². The molecule has 0 saturated carbocycles. The summed E-state index contributed by atoms with van der Waals surface area (Å²) in [4.78, 5) is 52.0. The van der Waals surface area contributed by atoms with Gasteiger partial charge in [0.2, 0.25) is 11.8 Å². The Labute approximate surface area is 228 Å². The van der Waals surface area contributed by atoms with Crippen molar-refractivity contribution in [3.8, 4) is 11.1 Å². The van der Waals surface area contributed by atoms with Gasteiger partial charge in [0.1, 0.15) is 17.4 Å². The van der Waals surface area contributed by atoms with Crippen LogP contribution in [0.25, 0.3) is 22.2 Å². The molecule has 4 heterocycles. The van der Waals surface area contributed by atoms with Crippen molar-refractivity contribution >= 4 is 34.6 Å². The van der Waals surface area contributed by atoms with Crippen molar-refractivity contribution in [2.75, 3.05) is 18.9 Å². The highest BCUT2D eigenvalue weighted by atomic mass is 16.5. The number of aryl methyl sites for hydroxylation is 2. The van der Waals surface area contributed by atoms with Crippen LogP contribution in [0.15, 0.2) is 47.7 Å². The Bertz CT molecular complexity index is 1670. The number of hydrogen-bond acceptors (Lipinski definition) is 8. The number of hydrogen-bond donors (Lipinski definition) is 3. The van der Waals surface area contributed by atoms with Crippen LogP contribution < -0.4 is 16.7 Å². The molecule has 208 valence electrons. The third kappa shape index (κ3) is 5.36. The van der Waals surface area contributed by atoms with Crippen LogP contribution in [0.2, 0.25) is 0 Å². The number of aromatic carboxylic acids is 1. The molecule has 0 spiro atoms. The predicted molar refractivity (Wildman–Crippen MR) is 145 cm³/mol. The maximum Gasteiger partial charge on any atom is 0.339 e. The highest BCUT2D eigenvalue weighted by Gasteiger charge is 2.31. The Morgan fingerprint density at radius 3 is 2.75 bits per heavy atom. The molecule has 1 aliphatic rings. The van der Waals surface area contributed by atoms with E-state index in [1.807, 2.05) is 18.2 Å². The number of nitrogen functional groups attached to an aromatic ring is 1. The number of pyridine rings is 1. The van der Waals surface area contributed by atoms with Gasteiger partial charge in [-0.2, -0.15) is 5.10 Å². The number of imide groups is 1. The summed E-state index contributed by atoms with van der Waals surface area (Å²) < 4.78 is 10.5. The lowest BCUT2D eigenvalue weighted by Crippen LogP contribution is -2.44. The quantitative estimate of drug-likeness (QED) is 0.196. The van der Waals surface area contributed by atoms with E-state index in [0.29, 0.717) is 37.3 Å². The summed E-state index contributed by atoms with van der Waals surface area (Å²) >= 11 is 0. The lowest BCUT2D eigenvalue weighted by molar-refractivity contribution is -0.135. The molecule has 5 rings (SSSR count). The number of nitrogens with zero attached hydrogens (tertiary/aromatic N) is 5. The zero-order chi connectivity index (χ0) is 28.4. The smallest absolute Gasteiger partial charge is 0.339 e. The number of anilines is 1. The summed E-state index contributed by atoms with van der Waals surface area (Å²) in [6.45, 7) is 1.51. The molecule has 1 aromatic carbocycles. The zero-order valence-corrected chi connectivity index (χ0v) is 21.9. The van der Waals surface area contributed by atoms with E-state index in [1.165, 1.54) is 21.4 Å².